The monoisotopic (exact) mass is 321 g/mol. The molecule has 5 rings (SSSR count). The van der Waals surface area contributed by atoms with Gasteiger partial charge in [-0.25, -0.2) is 0 Å². The Morgan fingerprint density at radius 3 is 2.32 bits per heavy atom. The number of hydrogen-bond acceptors (Lipinski definition) is 2. The third kappa shape index (κ3) is 1.97. The van der Waals surface area contributed by atoms with Gasteiger partial charge in [0.2, 0.25) is 0 Å². The summed E-state index contributed by atoms with van der Waals surface area (Å²) in [4.78, 5) is 4.24. The average Bonchev–Trinajstić information content (AvgIpc) is 2.35. The Labute approximate surface area is 122 Å². The summed E-state index contributed by atoms with van der Waals surface area (Å²) in [5.41, 5.74) is 0.708. The van der Waals surface area contributed by atoms with Gasteiger partial charge in [-0.3, -0.25) is 4.98 Å². The lowest BCUT2D eigenvalue weighted by atomic mass is 9.49. The van der Waals surface area contributed by atoms with Crippen LogP contribution < -0.4 is 0 Å². The second kappa shape index (κ2) is 4.29. The van der Waals surface area contributed by atoms with Crippen molar-refractivity contribution in [3.63, 3.8) is 0 Å². The van der Waals surface area contributed by atoms with Gasteiger partial charge in [0.05, 0.1) is 5.60 Å². The Bertz CT molecular complexity index is 473. The molecule has 4 saturated carbocycles. The van der Waals surface area contributed by atoms with Crippen LogP contribution in [0.25, 0.3) is 0 Å². The molecule has 4 aliphatic rings. The van der Waals surface area contributed by atoms with Gasteiger partial charge in [-0.2, -0.15) is 0 Å². The molecule has 0 radical (unpaired) electrons. The van der Waals surface area contributed by atoms with Crippen LogP contribution in [0.4, 0.5) is 0 Å². The fraction of sp³-hybridized carbons (Fsp3) is 0.688. The molecule has 0 amide bonds. The van der Waals surface area contributed by atoms with Gasteiger partial charge in [0, 0.05) is 23.3 Å². The number of pyridine rings is 1. The fourth-order valence-corrected chi connectivity index (χ4v) is 5.58. The topological polar surface area (TPSA) is 33.1 Å². The Hall–Kier alpha value is -0.410. The molecule has 19 heavy (non-hydrogen) atoms. The van der Waals surface area contributed by atoms with E-state index in [0.717, 1.165) is 22.7 Å². The predicted molar refractivity (Wildman–Crippen MR) is 77.6 cm³/mol. The summed E-state index contributed by atoms with van der Waals surface area (Å²) in [6.45, 7) is 0. The molecule has 3 heteroatoms. The zero-order chi connectivity index (χ0) is 13.0. The number of nitrogens with zero attached hydrogens (tertiary/aromatic N) is 1. The molecular weight excluding hydrogens is 302 g/mol. The first-order valence-corrected chi connectivity index (χ1v) is 8.24. The SMILES string of the molecule is OC1(Cc2cncc(Br)c2)C2CC3CC(C2)CC1C3. The first kappa shape index (κ1) is 12.3. The van der Waals surface area contributed by atoms with Crippen molar-refractivity contribution in [2.24, 2.45) is 23.7 Å². The third-order valence-corrected chi connectivity index (χ3v) is 6.23. The fourth-order valence-electron chi connectivity index (χ4n) is 5.17. The quantitative estimate of drug-likeness (QED) is 0.903. The highest BCUT2D eigenvalue weighted by Crippen LogP contribution is 2.59. The van der Waals surface area contributed by atoms with E-state index in [4.69, 9.17) is 0 Å². The molecule has 4 bridgehead atoms. The van der Waals surface area contributed by atoms with Gasteiger partial charge in [0.25, 0.3) is 0 Å². The Morgan fingerprint density at radius 2 is 1.74 bits per heavy atom. The maximum Gasteiger partial charge on any atom is 0.0744 e. The Balaban J connectivity index is 1.63. The molecule has 4 fully saturated rings. The van der Waals surface area contributed by atoms with Crippen molar-refractivity contribution in [3.05, 3.63) is 28.5 Å². The molecule has 2 nitrogen and oxygen atoms in total. The van der Waals surface area contributed by atoms with E-state index in [-0.39, 0.29) is 0 Å². The van der Waals surface area contributed by atoms with Crippen LogP contribution in [0.3, 0.4) is 0 Å². The van der Waals surface area contributed by atoms with Crippen molar-refractivity contribution in [1.29, 1.82) is 0 Å². The summed E-state index contributed by atoms with van der Waals surface area (Å²) in [6.07, 6.45) is 11.0. The zero-order valence-corrected chi connectivity index (χ0v) is 12.6. The predicted octanol–water partition coefficient (Wildman–Crippen LogP) is 3.57. The molecule has 0 aliphatic heterocycles. The van der Waals surface area contributed by atoms with E-state index in [0.29, 0.717) is 11.8 Å². The second-order valence-electron chi connectivity index (χ2n) is 6.98. The van der Waals surface area contributed by atoms with Gasteiger partial charge >= 0.3 is 0 Å². The van der Waals surface area contributed by atoms with Crippen LogP contribution in [0.5, 0.6) is 0 Å². The number of halogens is 1. The summed E-state index contributed by atoms with van der Waals surface area (Å²) in [6, 6.07) is 2.11. The average molecular weight is 322 g/mol. The van der Waals surface area contributed by atoms with Crippen LogP contribution in [0.1, 0.15) is 37.7 Å². The molecule has 1 aromatic rings. The second-order valence-corrected chi connectivity index (χ2v) is 7.90. The van der Waals surface area contributed by atoms with E-state index >= 15 is 0 Å². The van der Waals surface area contributed by atoms with Gasteiger partial charge in [-0.1, -0.05) is 0 Å². The molecule has 102 valence electrons. The van der Waals surface area contributed by atoms with E-state index < -0.39 is 5.60 Å². The van der Waals surface area contributed by atoms with Gasteiger partial charge in [0.15, 0.2) is 0 Å². The summed E-state index contributed by atoms with van der Waals surface area (Å²) in [7, 11) is 0. The maximum atomic E-state index is 11.3. The molecular formula is C16H20BrNO. The van der Waals surface area contributed by atoms with Gasteiger partial charge in [0.1, 0.15) is 0 Å². The number of aromatic nitrogens is 1. The zero-order valence-electron chi connectivity index (χ0n) is 11.1. The molecule has 0 atom stereocenters. The summed E-state index contributed by atoms with van der Waals surface area (Å²) < 4.78 is 1.01. The van der Waals surface area contributed by atoms with E-state index in [1.807, 2.05) is 12.4 Å². The lowest BCUT2D eigenvalue weighted by molar-refractivity contribution is -0.171. The smallest absolute Gasteiger partial charge is 0.0744 e. The number of rotatable bonds is 2. The van der Waals surface area contributed by atoms with Gasteiger partial charge in [-0.15, -0.1) is 0 Å². The molecule has 0 spiro atoms. The van der Waals surface area contributed by atoms with Crippen LogP contribution in [-0.2, 0) is 6.42 Å². The highest BCUT2D eigenvalue weighted by molar-refractivity contribution is 9.10. The normalized spacial score (nSPS) is 43.7. The van der Waals surface area contributed by atoms with Crippen LogP contribution in [0, 0.1) is 23.7 Å². The number of aliphatic hydroxyl groups is 1. The Morgan fingerprint density at radius 1 is 1.11 bits per heavy atom. The van der Waals surface area contributed by atoms with Crippen molar-refractivity contribution >= 4 is 15.9 Å². The molecule has 0 unspecified atom stereocenters. The van der Waals surface area contributed by atoms with Crippen LogP contribution in [-0.4, -0.2) is 15.7 Å². The highest BCUT2D eigenvalue weighted by atomic mass is 79.9. The van der Waals surface area contributed by atoms with Crippen LogP contribution >= 0.6 is 15.9 Å². The van der Waals surface area contributed by atoms with Crippen molar-refractivity contribution in [3.8, 4) is 0 Å². The summed E-state index contributed by atoms with van der Waals surface area (Å²) in [5.74, 6) is 2.87. The summed E-state index contributed by atoms with van der Waals surface area (Å²) in [5, 5.41) is 11.3. The van der Waals surface area contributed by atoms with E-state index in [9.17, 15) is 5.11 Å². The molecule has 1 aromatic heterocycles. The molecule has 4 aliphatic carbocycles. The highest BCUT2D eigenvalue weighted by Gasteiger charge is 2.56. The minimum Gasteiger partial charge on any atom is -0.389 e. The van der Waals surface area contributed by atoms with Crippen molar-refractivity contribution < 1.29 is 5.11 Å². The Kier molecular flexibility index (Phi) is 2.79. The molecule has 0 aromatic carbocycles. The van der Waals surface area contributed by atoms with Crippen molar-refractivity contribution in [2.75, 3.05) is 0 Å². The lowest BCUT2D eigenvalue weighted by Crippen LogP contribution is -2.58. The van der Waals surface area contributed by atoms with Crippen LogP contribution in [0.15, 0.2) is 22.9 Å². The van der Waals surface area contributed by atoms with Gasteiger partial charge < -0.3 is 5.11 Å². The van der Waals surface area contributed by atoms with E-state index in [1.54, 1.807) is 0 Å². The van der Waals surface area contributed by atoms with Crippen molar-refractivity contribution in [1.82, 2.24) is 4.98 Å². The first-order chi connectivity index (χ1) is 9.13. The summed E-state index contributed by atoms with van der Waals surface area (Å²) >= 11 is 3.48. The third-order valence-electron chi connectivity index (χ3n) is 5.80. The maximum absolute atomic E-state index is 11.3. The molecule has 1 N–H and O–H groups in total. The first-order valence-electron chi connectivity index (χ1n) is 7.45. The van der Waals surface area contributed by atoms with E-state index in [1.165, 1.54) is 37.7 Å². The minimum atomic E-state index is -0.462. The number of hydrogen-bond donors (Lipinski definition) is 1. The molecule has 0 saturated heterocycles. The van der Waals surface area contributed by atoms with E-state index in [2.05, 4.69) is 27.0 Å². The molecule has 1 heterocycles. The largest absolute Gasteiger partial charge is 0.389 e. The van der Waals surface area contributed by atoms with Crippen molar-refractivity contribution in [2.45, 2.75) is 44.1 Å². The van der Waals surface area contributed by atoms with Crippen LogP contribution in [0.2, 0.25) is 0 Å². The lowest BCUT2D eigenvalue weighted by Gasteiger charge is -2.59. The minimum absolute atomic E-state index is 0.462. The van der Waals surface area contributed by atoms with Gasteiger partial charge in [-0.05, 0) is 83.3 Å². The standard InChI is InChI=1S/C16H20BrNO/c17-15-6-12(8-18-9-15)7-16(19)13-2-10-1-11(4-13)5-14(16)3-10/h6,8-11,13-14,19H,1-5,7H2.